The van der Waals surface area contributed by atoms with Crippen molar-refractivity contribution in [1.29, 1.82) is 0 Å². The van der Waals surface area contributed by atoms with E-state index in [0.717, 1.165) is 12.5 Å². The van der Waals surface area contributed by atoms with Crippen LogP contribution in [0, 0.1) is 18.3 Å². The minimum atomic E-state index is 0.619. The average Bonchev–Trinajstić information content (AvgIpc) is 2.52. The molecule has 0 heterocycles. The molecule has 1 heteroatoms. The molecule has 1 saturated carbocycles. The van der Waals surface area contributed by atoms with E-state index < -0.39 is 0 Å². The van der Waals surface area contributed by atoms with E-state index in [1.807, 2.05) is 0 Å². The first-order chi connectivity index (χ1) is 5.34. The predicted octanol–water partition coefficient (Wildman–Crippen LogP) is 1.79. The third kappa shape index (κ3) is 2.55. The van der Waals surface area contributed by atoms with Crippen molar-refractivity contribution in [2.45, 2.75) is 38.6 Å². The van der Waals surface area contributed by atoms with Gasteiger partial charge in [0, 0.05) is 6.04 Å². The SMILES string of the molecule is C#CCN[C@@H](C)C1CCCC1. The molecule has 0 saturated heterocycles. The molecule has 0 aromatic heterocycles. The Morgan fingerprint density at radius 1 is 1.55 bits per heavy atom. The summed E-state index contributed by atoms with van der Waals surface area (Å²) in [5, 5.41) is 3.34. The van der Waals surface area contributed by atoms with E-state index in [4.69, 9.17) is 6.42 Å². The summed E-state index contributed by atoms with van der Waals surface area (Å²) in [6, 6.07) is 0.619. The maximum atomic E-state index is 5.16. The molecule has 1 rings (SSSR count). The van der Waals surface area contributed by atoms with Gasteiger partial charge >= 0.3 is 0 Å². The molecule has 0 spiro atoms. The number of terminal acetylenes is 1. The van der Waals surface area contributed by atoms with E-state index >= 15 is 0 Å². The fourth-order valence-corrected chi connectivity index (χ4v) is 1.84. The van der Waals surface area contributed by atoms with Gasteiger partial charge in [-0.05, 0) is 25.7 Å². The van der Waals surface area contributed by atoms with Crippen molar-refractivity contribution < 1.29 is 0 Å². The van der Waals surface area contributed by atoms with Gasteiger partial charge in [-0.2, -0.15) is 0 Å². The molecule has 0 unspecified atom stereocenters. The lowest BCUT2D eigenvalue weighted by Gasteiger charge is -2.18. The molecule has 1 fully saturated rings. The Morgan fingerprint density at radius 3 is 2.73 bits per heavy atom. The van der Waals surface area contributed by atoms with Crippen LogP contribution in [0.25, 0.3) is 0 Å². The van der Waals surface area contributed by atoms with Crippen LogP contribution in [0.1, 0.15) is 32.6 Å². The zero-order valence-corrected chi connectivity index (χ0v) is 7.27. The molecular formula is C10H17N. The Bertz CT molecular complexity index is 139. The summed E-state index contributed by atoms with van der Waals surface area (Å²) >= 11 is 0. The van der Waals surface area contributed by atoms with Gasteiger partial charge in [-0.15, -0.1) is 6.42 Å². The summed E-state index contributed by atoms with van der Waals surface area (Å²) < 4.78 is 0. The monoisotopic (exact) mass is 151 g/mol. The molecular weight excluding hydrogens is 134 g/mol. The molecule has 0 aromatic carbocycles. The van der Waals surface area contributed by atoms with E-state index in [2.05, 4.69) is 18.2 Å². The molecule has 1 atom stereocenters. The molecule has 0 bridgehead atoms. The smallest absolute Gasteiger partial charge is 0.0575 e. The van der Waals surface area contributed by atoms with Crippen LogP contribution >= 0.6 is 0 Å². The van der Waals surface area contributed by atoms with Crippen LogP contribution in [0.2, 0.25) is 0 Å². The molecule has 0 aliphatic heterocycles. The van der Waals surface area contributed by atoms with Crippen LogP contribution in [0.3, 0.4) is 0 Å². The fraction of sp³-hybridized carbons (Fsp3) is 0.800. The maximum absolute atomic E-state index is 5.16. The summed E-state index contributed by atoms with van der Waals surface area (Å²) in [6.07, 6.45) is 10.8. The summed E-state index contributed by atoms with van der Waals surface area (Å²) in [5.41, 5.74) is 0. The maximum Gasteiger partial charge on any atom is 0.0575 e. The van der Waals surface area contributed by atoms with E-state index in [9.17, 15) is 0 Å². The lowest BCUT2D eigenvalue weighted by atomic mass is 10.00. The third-order valence-electron chi connectivity index (χ3n) is 2.63. The molecule has 1 aliphatic rings. The minimum Gasteiger partial charge on any atom is -0.303 e. The van der Waals surface area contributed by atoms with Crippen molar-refractivity contribution in [1.82, 2.24) is 5.32 Å². The van der Waals surface area contributed by atoms with Gasteiger partial charge in [0.15, 0.2) is 0 Å². The Kier molecular flexibility index (Phi) is 3.45. The standard InChI is InChI=1S/C10H17N/c1-3-8-11-9(2)10-6-4-5-7-10/h1,9-11H,4-8H2,2H3/t9-/m0/s1. The highest BCUT2D eigenvalue weighted by Crippen LogP contribution is 2.27. The Labute approximate surface area is 69.6 Å². The third-order valence-corrected chi connectivity index (χ3v) is 2.63. The van der Waals surface area contributed by atoms with E-state index in [1.54, 1.807) is 0 Å². The molecule has 0 aromatic rings. The van der Waals surface area contributed by atoms with E-state index in [1.165, 1.54) is 25.7 Å². The first kappa shape index (κ1) is 8.62. The summed E-state index contributed by atoms with van der Waals surface area (Å²) in [7, 11) is 0. The first-order valence-electron chi connectivity index (χ1n) is 4.51. The van der Waals surface area contributed by atoms with Gasteiger partial charge in [-0.3, -0.25) is 0 Å². The van der Waals surface area contributed by atoms with Crippen molar-refractivity contribution >= 4 is 0 Å². The number of rotatable bonds is 3. The lowest BCUT2D eigenvalue weighted by Crippen LogP contribution is -2.32. The van der Waals surface area contributed by atoms with Crippen LogP contribution in [0.15, 0.2) is 0 Å². The molecule has 1 N–H and O–H groups in total. The van der Waals surface area contributed by atoms with Gasteiger partial charge in [0.2, 0.25) is 0 Å². The summed E-state index contributed by atoms with van der Waals surface area (Å²) in [5.74, 6) is 3.49. The second-order valence-corrected chi connectivity index (χ2v) is 3.42. The second kappa shape index (κ2) is 4.41. The van der Waals surface area contributed by atoms with Crippen molar-refractivity contribution in [2.24, 2.45) is 5.92 Å². The van der Waals surface area contributed by atoms with E-state index in [0.29, 0.717) is 6.04 Å². The number of hydrogen-bond donors (Lipinski definition) is 1. The highest BCUT2D eigenvalue weighted by atomic mass is 14.9. The van der Waals surface area contributed by atoms with Gasteiger partial charge in [-0.25, -0.2) is 0 Å². The molecule has 0 amide bonds. The Hall–Kier alpha value is -0.480. The van der Waals surface area contributed by atoms with Crippen molar-refractivity contribution in [3.05, 3.63) is 0 Å². The number of hydrogen-bond acceptors (Lipinski definition) is 1. The second-order valence-electron chi connectivity index (χ2n) is 3.42. The van der Waals surface area contributed by atoms with Crippen LogP contribution < -0.4 is 5.32 Å². The quantitative estimate of drug-likeness (QED) is 0.606. The van der Waals surface area contributed by atoms with Crippen LogP contribution in [0.5, 0.6) is 0 Å². The normalized spacial score (nSPS) is 21.5. The first-order valence-corrected chi connectivity index (χ1v) is 4.51. The van der Waals surface area contributed by atoms with Crippen LogP contribution in [0.4, 0.5) is 0 Å². The molecule has 0 radical (unpaired) electrons. The number of nitrogens with one attached hydrogen (secondary N) is 1. The van der Waals surface area contributed by atoms with Crippen LogP contribution in [-0.2, 0) is 0 Å². The Balaban J connectivity index is 2.18. The van der Waals surface area contributed by atoms with Gasteiger partial charge in [-0.1, -0.05) is 18.8 Å². The van der Waals surface area contributed by atoms with Gasteiger partial charge in [0.1, 0.15) is 0 Å². The summed E-state index contributed by atoms with van der Waals surface area (Å²) in [4.78, 5) is 0. The zero-order chi connectivity index (χ0) is 8.10. The minimum absolute atomic E-state index is 0.619. The van der Waals surface area contributed by atoms with Crippen molar-refractivity contribution in [3.63, 3.8) is 0 Å². The van der Waals surface area contributed by atoms with E-state index in [-0.39, 0.29) is 0 Å². The zero-order valence-electron chi connectivity index (χ0n) is 7.27. The highest BCUT2D eigenvalue weighted by Gasteiger charge is 2.20. The molecule has 62 valence electrons. The largest absolute Gasteiger partial charge is 0.303 e. The molecule has 1 nitrogen and oxygen atoms in total. The van der Waals surface area contributed by atoms with Crippen molar-refractivity contribution in [3.8, 4) is 12.3 Å². The van der Waals surface area contributed by atoms with Gasteiger partial charge in [0.05, 0.1) is 6.54 Å². The van der Waals surface area contributed by atoms with Gasteiger partial charge < -0.3 is 5.32 Å². The van der Waals surface area contributed by atoms with Crippen LogP contribution in [-0.4, -0.2) is 12.6 Å². The predicted molar refractivity (Wildman–Crippen MR) is 48.3 cm³/mol. The average molecular weight is 151 g/mol. The summed E-state index contributed by atoms with van der Waals surface area (Å²) in [6.45, 7) is 2.96. The fourth-order valence-electron chi connectivity index (χ4n) is 1.84. The molecule has 1 aliphatic carbocycles. The molecule has 11 heavy (non-hydrogen) atoms. The topological polar surface area (TPSA) is 12.0 Å². The lowest BCUT2D eigenvalue weighted by molar-refractivity contribution is 0.396. The van der Waals surface area contributed by atoms with Crippen molar-refractivity contribution in [2.75, 3.05) is 6.54 Å². The van der Waals surface area contributed by atoms with Gasteiger partial charge in [0.25, 0.3) is 0 Å². The Morgan fingerprint density at radius 2 is 2.18 bits per heavy atom. The highest BCUT2D eigenvalue weighted by molar-refractivity contribution is 4.89.